The first-order valence-electron chi connectivity index (χ1n) is 8.32. The Morgan fingerprint density at radius 2 is 1.89 bits per heavy atom. The molecule has 0 aliphatic carbocycles. The second-order valence-corrected chi connectivity index (χ2v) is 6.18. The molecule has 0 spiro atoms. The number of ether oxygens (including phenoxy) is 1. The Hall–Kier alpha value is -3.24. The molecule has 0 bridgehead atoms. The topological polar surface area (TPSA) is 69.0 Å². The lowest BCUT2D eigenvalue weighted by Gasteiger charge is -2.35. The van der Waals surface area contributed by atoms with Crippen LogP contribution in [0.4, 0.5) is 23.2 Å². The van der Waals surface area contributed by atoms with Gasteiger partial charge in [-0.2, -0.15) is 0 Å². The molecule has 0 amide bonds. The van der Waals surface area contributed by atoms with Crippen LogP contribution in [0.2, 0.25) is 0 Å². The van der Waals surface area contributed by atoms with Crippen LogP contribution in [0.3, 0.4) is 0 Å². The molecule has 0 saturated carbocycles. The summed E-state index contributed by atoms with van der Waals surface area (Å²) in [5, 5.41) is 7.71. The lowest BCUT2D eigenvalue weighted by Crippen LogP contribution is -2.48. The summed E-state index contributed by atoms with van der Waals surface area (Å²) in [7, 11) is 0. The number of alkyl halides is 3. The zero-order chi connectivity index (χ0) is 19.7. The normalized spacial score (nSPS) is 14.4. The van der Waals surface area contributed by atoms with Gasteiger partial charge >= 0.3 is 6.01 Å². The van der Waals surface area contributed by atoms with Gasteiger partial charge in [-0.1, -0.05) is 5.21 Å². The van der Waals surface area contributed by atoms with Crippen molar-refractivity contribution < 1.29 is 22.3 Å². The highest BCUT2D eigenvalue weighted by Crippen LogP contribution is 2.24. The average molecular weight is 394 g/mol. The number of anilines is 1. The molecule has 0 atom stereocenters. The number of rotatable bonds is 6. The quantitative estimate of drug-likeness (QED) is 0.599. The predicted molar refractivity (Wildman–Crippen MR) is 89.7 cm³/mol. The van der Waals surface area contributed by atoms with Gasteiger partial charge in [-0.05, 0) is 18.2 Å². The van der Waals surface area contributed by atoms with Crippen molar-refractivity contribution in [3.8, 4) is 11.7 Å². The standard InChI is InChI=1S/C17H14F4N6O/c18-10-6-26(7-10)13-4-22-17(23-5-13)28-9-11-8-27(25-24-11)12-1-2-15(19)14(3-12)16(20)21/h1-5,8,10,16H,6-7,9H2. The zero-order valence-corrected chi connectivity index (χ0v) is 14.3. The molecular formula is C17H14F4N6O. The number of halogens is 4. The Morgan fingerprint density at radius 3 is 2.57 bits per heavy atom. The van der Waals surface area contributed by atoms with Gasteiger partial charge in [-0.15, -0.1) is 5.10 Å². The van der Waals surface area contributed by atoms with Crippen LogP contribution in [-0.4, -0.2) is 44.2 Å². The molecular weight excluding hydrogens is 380 g/mol. The smallest absolute Gasteiger partial charge is 0.316 e. The fraction of sp³-hybridized carbons (Fsp3) is 0.294. The summed E-state index contributed by atoms with van der Waals surface area (Å²) in [4.78, 5) is 9.90. The van der Waals surface area contributed by atoms with E-state index in [-0.39, 0.29) is 18.3 Å². The van der Waals surface area contributed by atoms with E-state index in [1.54, 1.807) is 4.90 Å². The van der Waals surface area contributed by atoms with E-state index < -0.39 is 24.0 Å². The fourth-order valence-corrected chi connectivity index (χ4v) is 2.65. The van der Waals surface area contributed by atoms with E-state index in [9.17, 15) is 17.6 Å². The van der Waals surface area contributed by atoms with Crippen LogP contribution in [0.15, 0.2) is 36.8 Å². The van der Waals surface area contributed by atoms with Gasteiger partial charge < -0.3 is 9.64 Å². The molecule has 3 heterocycles. The molecule has 146 valence electrons. The number of benzene rings is 1. The fourth-order valence-electron chi connectivity index (χ4n) is 2.65. The molecule has 2 aromatic heterocycles. The largest absolute Gasteiger partial charge is 0.457 e. The summed E-state index contributed by atoms with van der Waals surface area (Å²) in [6, 6.07) is 3.39. The summed E-state index contributed by atoms with van der Waals surface area (Å²) in [6.07, 6.45) is 0.790. The van der Waals surface area contributed by atoms with Crippen LogP contribution in [0.5, 0.6) is 6.01 Å². The summed E-state index contributed by atoms with van der Waals surface area (Å²) in [5.41, 5.74) is 0.647. The highest BCUT2D eigenvalue weighted by atomic mass is 19.3. The molecule has 1 aliphatic heterocycles. The van der Waals surface area contributed by atoms with Crippen molar-refractivity contribution in [1.29, 1.82) is 0 Å². The number of hydrogen-bond acceptors (Lipinski definition) is 6. The Labute approximate surface area is 156 Å². The van der Waals surface area contributed by atoms with Gasteiger partial charge in [0.1, 0.15) is 24.3 Å². The minimum atomic E-state index is -2.93. The monoisotopic (exact) mass is 394 g/mol. The lowest BCUT2D eigenvalue weighted by atomic mass is 10.2. The summed E-state index contributed by atoms with van der Waals surface area (Å²) in [6.45, 7) is 0.644. The second kappa shape index (κ2) is 7.41. The molecule has 7 nitrogen and oxygen atoms in total. The molecule has 0 unspecified atom stereocenters. The van der Waals surface area contributed by atoms with Crippen molar-refractivity contribution >= 4 is 5.69 Å². The third-order valence-electron chi connectivity index (χ3n) is 4.19. The Morgan fingerprint density at radius 1 is 1.14 bits per heavy atom. The molecule has 0 N–H and O–H groups in total. The van der Waals surface area contributed by atoms with Crippen LogP contribution in [-0.2, 0) is 6.61 Å². The third-order valence-corrected chi connectivity index (χ3v) is 4.19. The van der Waals surface area contributed by atoms with Gasteiger partial charge in [-0.3, -0.25) is 0 Å². The van der Waals surface area contributed by atoms with Gasteiger partial charge in [0.05, 0.1) is 48.6 Å². The molecule has 4 rings (SSSR count). The second-order valence-electron chi connectivity index (χ2n) is 6.18. The van der Waals surface area contributed by atoms with Gasteiger partial charge in [0, 0.05) is 0 Å². The molecule has 1 fully saturated rings. The molecule has 11 heteroatoms. The van der Waals surface area contributed by atoms with Gasteiger partial charge in [0.25, 0.3) is 6.43 Å². The van der Waals surface area contributed by atoms with E-state index in [4.69, 9.17) is 4.74 Å². The Balaban J connectivity index is 1.39. The molecule has 28 heavy (non-hydrogen) atoms. The summed E-state index contributed by atoms with van der Waals surface area (Å²) < 4.78 is 58.6. The van der Waals surface area contributed by atoms with Crippen LogP contribution in [0, 0.1) is 5.82 Å². The SMILES string of the molecule is Fc1ccc(-n2cc(COc3ncc(N4CC(F)C4)cn3)nn2)cc1C(F)F. The first-order valence-corrected chi connectivity index (χ1v) is 8.32. The summed E-state index contributed by atoms with van der Waals surface area (Å²) >= 11 is 0. The van der Waals surface area contributed by atoms with E-state index in [0.717, 1.165) is 12.1 Å². The van der Waals surface area contributed by atoms with Crippen molar-refractivity contribution in [3.63, 3.8) is 0 Å². The van der Waals surface area contributed by atoms with Crippen LogP contribution in [0.1, 0.15) is 17.7 Å². The van der Waals surface area contributed by atoms with Crippen molar-refractivity contribution in [2.75, 3.05) is 18.0 Å². The van der Waals surface area contributed by atoms with E-state index in [0.29, 0.717) is 24.5 Å². The van der Waals surface area contributed by atoms with E-state index >= 15 is 0 Å². The minimum absolute atomic E-state index is 0.00147. The molecule has 1 saturated heterocycles. The Kier molecular flexibility index (Phi) is 4.80. The average Bonchev–Trinajstić information content (AvgIpc) is 3.13. The first kappa shape index (κ1) is 18.1. The van der Waals surface area contributed by atoms with Crippen LogP contribution < -0.4 is 9.64 Å². The molecule has 1 aliphatic rings. The number of nitrogens with zero attached hydrogens (tertiary/aromatic N) is 6. The number of hydrogen-bond donors (Lipinski definition) is 0. The van der Waals surface area contributed by atoms with Crippen LogP contribution in [0.25, 0.3) is 5.69 Å². The van der Waals surface area contributed by atoms with E-state index in [2.05, 4.69) is 20.3 Å². The van der Waals surface area contributed by atoms with Crippen molar-refractivity contribution in [2.45, 2.75) is 19.2 Å². The molecule has 3 aromatic rings. The molecule has 1 aromatic carbocycles. The maximum Gasteiger partial charge on any atom is 0.316 e. The molecule has 0 radical (unpaired) electrons. The highest BCUT2D eigenvalue weighted by Gasteiger charge is 2.26. The third kappa shape index (κ3) is 3.73. The van der Waals surface area contributed by atoms with Gasteiger partial charge in [0.2, 0.25) is 0 Å². The van der Waals surface area contributed by atoms with E-state index in [1.165, 1.54) is 29.3 Å². The van der Waals surface area contributed by atoms with Crippen molar-refractivity contribution in [1.82, 2.24) is 25.0 Å². The lowest BCUT2D eigenvalue weighted by molar-refractivity contribution is 0.146. The highest BCUT2D eigenvalue weighted by molar-refractivity contribution is 5.45. The predicted octanol–water partition coefficient (Wildman–Crippen LogP) is 2.87. The number of aromatic nitrogens is 5. The van der Waals surface area contributed by atoms with Gasteiger partial charge in [0.15, 0.2) is 0 Å². The maximum atomic E-state index is 13.4. The van der Waals surface area contributed by atoms with Gasteiger partial charge in [-0.25, -0.2) is 32.2 Å². The van der Waals surface area contributed by atoms with E-state index in [1.807, 2.05) is 0 Å². The maximum absolute atomic E-state index is 13.4. The minimum Gasteiger partial charge on any atom is -0.457 e. The first-order chi connectivity index (χ1) is 13.5. The van der Waals surface area contributed by atoms with Crippen molar-refractivity contribution in [2.24, 2.45) is 0 Å². The van der Waals surface area contributed by atoms with Crippen LogP contribution >= 0.6 is 0 Å². The zero-order valence-electron chi connectivity index (χ0n) is 14.3. The summed E-state index contributed by atoms with van der Waals surface area (Å²) in [5.74, 6) is -0.983. The van der Waals surface area contributed by atoms with Crippen molar-refractivity contribution in [3.05, 3.63) is 53.9 Å². The Bertz CT molecular complexity index is 959.